The Kier molecular flexibility index (Phi) is 8.66. The Morgan fingerprint density at radius 3 is 2.82 bits per heavy atom. The van der Waals surface area contributed by atoms with E-state index in [0.29, 0.717) is 16.7 Å². The molecular weight excluding hydrogens is 428 g/mol. The van der Waals surface area contributed by atoms with Gasteiger partial charge in [0.2, 0.25) is 0 Å². The van der Waals surface area contributed by atoms with Crippen LogP contribution in [-0.2, 0) is 9.84 Å². The highest BCUT2D eigenvalue weighted by molar-refractivity contribution is 7.95. The van der Waals surface area contributed by atoms with Crippen LogP contribution >= 0.6 is 0 Å². The number of fused-ring (bicyclic) bond motifs is 1. The molecule has 0 unspecified atom stereocenters. The SMILES string of the molecule is C=C1CC[C@H](O)C/C1=C/C=C1\CCC[C@]2(C)C([C@H](C)C/C=C(\C)S(=O)(=O)CCCC)=CC[C@@H]12. The fraction of sp³-hybridized carbons (Fsp3) is 0.655. The van der Waals surface area contributed by atoms with Crippen LogP contribution in [0.2, 0.25) is 0 Å². The molecule has 4 heteroatoms. The Morgan fingerprint density at radius 2 is 2.09 bits per heavy atom. The molecule has 0 aromatic heterocycles. The highest BCUT2D eigenvalue weighted by Gasteiger charge is 2.45. The van der Waals surface area contributed by atoms with Crippen molar-refractivity contribution < 1.29 is 13.5 Å². The van der Waals surface area contributed by atoms with Crippen molar-refractivity contribution in [2.24, 2.45) is 17.3 Å². The van der Waals surface area contributed by atoms with Crippen LogP contribution in [0.4, 0.5) is 0 Å². The molecule has 3 aliphatic rings. The molecule has 2 saturated carbocycles. The van der Waals surface area contributed by atoms with Gasteiger partial charge in [0.15, 0.2) is 9.84 Å². The molecule has 0 aliphatic heterocycles. The zero-order valence-corrected chi connectivity index (χ0v) is 22.0. The van der Waals surface area contributed by atoms with Crippen LogP contribution in [0.25, 0.3) is 0 Å². The summed E-state index contributed by atoms with van der Waals surface area (Å²) in [6.45, 7) is 12.7. The molecular formula is C29H44O3S. The summed E-state index contributed by atoms with van der Waals surface area (Å²) in [4.78, 5) is 0.536. The van der Waals surface area contributed by atoms with E-state index in [1.165, 1.54) is 35.1 Å². The van der Waals surface area contributed by atoms with E-state index < -0.39 is 9.84 Å². The van der Waals surface area contributed by atoms with E-state index in [-0.39, 0.29) is 17.3 Å². The quantitative estimate of drug-likeness (QED) is 0.379. The van der Waals surface area contributed by atoms with Crippen LogP contribution < -0.4 is 0 Å². The molecule has 3 rings (SSSR count). The number of sulfone groups is 1. The van der Waals surface area contributed by atoms with Crippen molar-refractivity contribution in [3.63, 3.8) is 0 Å². The van der Waals surface area contributed by atoms with Crippen LogP contribution in [0.3, 0.4) is 0 Å². The molecule has 3 nitrogen and oxygen atoms in total. The van der Waals surface area contributed by atoms with E-state index in [0.717, 1.165) is 51.4 Å². The number of unbranched alkanes of at least 4 members (excludes halogenated alkanes) is 1. The number of aliphatic hydroxyl groups excluding tert-OH is 1. The highest BCUT2D eigenvalue weighted by Crippen LogP contribution is 2.57. The predicted octanol–water partition coefficient (Wildman–Crippen LogP) is 7.22. The average molecular weight is 473 g/mol. The lowest BCUT2D eigenvalue weighted by Gasteiger charge is -2.42. The van der Waals surface area contributed by atoms with E-state index in [1.54, 1.807) is 6.92 Å². The zero-order chi connectivity index (χ0) is 24.2. The van der Waals surface area contributed by atoms with Gasteiger partial charge in [0, 0.05) is 4.91 Å². The van der Waals surface area contributed by atoms with Crippen LogP contribution in [0.5, 0.6) is 0 Å². The molecule has 0 spiro atoms. The third kappa shape index (κ3) is 6.00. The molecule has 0 radical (unpaired) electrons. The Balaban J connectivity index is 1.72. The first-order chi connectivity index (χ1) is 15.6. The van der Waals surface area contributed by atoms with Gasteiger partial charge in [-0.3, -0.25) is 0 Å². The van der Waals surface area contributed by atoms with Crippen LogP contribution in [0.15, 0.2) is 58.1 Å². The third-order valence-electron chi connectivity index (χ3n) is 8.35. The molecule has 0 aromatic carbocycles. The summed E-state index contributed by atoms with van der Waals surface area (Å²) in [5.74, 6) is 1.14. The Hall–Kier alpha value is -1.39. The largest absolute Gasteiger partial charge is 0.393 e. The molecule has 0 bridgehead atoms. The van der Waals surface area contributed by atoms with Gasteiger partial charge in [0.1, 0.15) is 0 Å². The Labute approximate surface area is 202 Å². The maximum Gasteiger partial charge on any atom is 0.173 e. The fourth-order valence-electron chi connectivity index (χ4n) is 6.10. The van der Waals surface area contributed by atoms with Gasteiger partial charge in [-0.25, -0.2) is 8.42 Å². The van der Waals surface area contributed by atoms with E-state index in [1.807, 2.05) is 13.0 Å². The third-order valence-corrected chi connectivity index (χ3v) is 10.3. The molecule has 0 aromatic rings. The Bertz CT molecular complexity index is 963. The monoisotopic (exact) mass is 472 g/mol. The summed E-state index contributed by atoms with van der Waals surface area (Å²) in [6, 6.07) is 0. The maximum absolute atomic E-state index is 12.5. The van der Waals surface area contributed by atoms with Crippen molar-refractivity contribution >= 4 is 9.84 Å². The minimum absolute atomic E-state index is 0.161. The van der Waals surface area contributed by atoms with Crippen molar-refractivity contribution in [3.05, 3.63) is 58.1 Å². The lowest BCUT2D eigenvalue weighted by Crippen LogP contribution is -2.32. The van der Waals surface area contributed by atoms with Gasteiger partial charge in [-0.05, 0) is 87.5 Å². The van der Waals surface area contributed by atoms with Crippen molar-refractivity contribution in [1.82, 2.24) is 0 Å². The summed E-state index contributed by atoms with van der Waals surface area (Å²) < 4.78 is 25.0. The van der Waals surface area contributed by atoms with E-state index >= 15 is 0 Å². The highest BCUT2D eigenvalue weighted by atomic mass is 32.2. The molecule has 0 amide bonds. The summed E-state index contributed by atoms with van der Waals surface area (Å²) in [6.07, 6.45) is 18.2. The fourth-order valence-corrected chi connectivity index (χ4v) is 7.44. The second-order valence-electron chi connectivity index (χ2n) is 10.8. The van der Waals surface area contributed by atoms with E-state index in [2.05, 4.69) is 38.7 Å². The second-order valence-corrected chi connectivity index (χ2v) is 13.1. The minimum atomic E-state index is -3.11. The van der Waals surface area contributed by atoms with Crippen molar-refractivity contribution in [2.45, 2.75) is 98.0 Å². The van der Waals surface area contributed by atoms with Gasteiger partial charge in [0.25, 0.3) is 0 Å². The topological polar surface area (TPSA) is 54.4 Å². The second kappa shape index (κ2) is 10.9. The number of rotatable bonds is 8. The van der Waals surface area contributed by atoms with E-state index in [4.69, 9.17) is 0 Å². The first-order valence-corrected chi connectivity index (χ1v) is 14.6. The van der Waals surface area contributed by atoms with Crippen LogP contribution in [0.1, 0.15) is 91.9 Å². The van der Waals surface area contributed by atoms with Crippen LogP contribution in [-0.4, -0.2) is 25.4 Å². The standard InChI is InChI=1S/C29H44O3S/c1-6-7-19-33(31,32)23(4)12-10-22(3)27-16-17-28-24(9-8-18-29(27,28)5)13-14-25-20-26(30)15-11-21(25)2/h12-14,16,22,26,28,30H,2,6-11,15,17-20H2,1,3-5H3/b23-12+,24-13+,25-14-/t22-,26+,28+,29-/m1/s1. The summed E-state index contributed by atoms with van der Waals surface area (Å²) in [5, 5.41) is 10.1. The molecule has 0 heterocycles. The normalized spacial score (nSPS) is 32.2. The summed E-state index contributed by atoms with van der Waals surface area (Å²) in [5.41, 5.74) is 5.58. The molecule has 3 aliphatic carbocycles. The number of aliphatic hydroxyl groups is 1. The van der Waals surface area contributed by atoms with Gasteiger partial charge in [-0.2, -0.15) is 0 Å². The van der Waals surface area contributed by atoms with Crippen molar-refractivity contribution in [2.75, 3.05) is 5.75 Å². The molecule has 33 heavy (non-hydrogen) atoms. The average Bonchev–Trinajstić information content (AvgIpc) is 3.14. The van der Waals surface area contributed by atoms with Gasteiger partial charge in [-0.15, -0.1) is 0 Å². The maximum atomic E-state index is 12.5. The number of hydrogen-bond acceptors (Lipinski definition) is 3. The minimum Gasteiger partial charge on any atom is -0.393 e. The van der Waals surface area contributed by atoms with Gasteiger partial charge in [0.05, 0.1) is 11.9 Å². The lowest BCUT2D eigenvalue weighted by molar-refractivity contribution is 0.158. The van der Waals surface area contributed by atoms with Gasteiger partial charge >= 0.3 is 0 Å². The van der Waals surface area contributed by atoms with Crippen molar-refractivity contribution in [3.8, 4) is 0 Å². The molecule has 2 fully saturated rings. The molecule has 0 saturated heterocycles. The zero-order valence-electron chi connectivity index (χ0n) is 21.2. The smallest absolute Gasteiger partial charge is 0.173 e. The van der Waals surface area contributed by atoms with Crippen LogP contribution in [0, 0.1) is 17.3 Å². The van der Waals surface area contributed by atoms with Gasteiger partial charge < -0.3 is 5.11 Å². The Morgan fingerprint density at radius 1 is 1.33 bits per heavy atom. The molecule has 184 valence electrons. The molecule has 1 N–H and O–H groups in total. The first kappa shape index (κ1) is 26.2. The number of hydrogen-bond donors (Lipinski definition) is 1. The summed E-state index contributed by atoms with van der Waals surface area (Å²) in [7, 11) is -3.11. The van der Waals surface area contributed by atoms with Crippen molar-refractivity contribution in [1.29, 1.82) is 0 Å². The number of allylic oxidation sites excluding steroid dienone is 8. The predicted molar refractivity (Wildman–Crippen MR) is 140 cm³/mol. The lowest BCUT2D eigenvalue weighted by atomic mass is 9.62. The van der Waals surface area contributed by atoms with E-state index in [9.17, 15) is 13.5 Å². The summed E-state index contributed by atoms with van der Waals surface area (Å²) >= 11 is 0. The first-order valence-electron chi connectivity index (χ1n) is 12.9. The van der Waals surface area contributed by atoms with Gasteiger partial charge in [-0.1, -0.05) is 74.8 Å². The molecule has 4 atom stereocenters.